The zero-order chi connectivity index (χ0) is 18.7. The molecular weight excluding hydrogens is 360 g/mol. The molecule has 0 amide bonds. The second-order valence-corrected chi connectivity index (χ2v) is 7.07. The van der Waals surface area contributed by atoms with E-state index in [1.807, 2.05) is 32.9 Å². The van der Waals surface area contributed by atoms with Gasteiger partial charge in [0.25, 0.3) is 5.89 Å². The van der Waals surface area contributed by atoms with E-state index in [1.54, 1.807) is 11.3 Å². The van der Waals surface area contributed by atoms with Gasteiger partial charge in [0.2, 0.25) is 5.82 Å². The second-order valence-electron chi connectivity index (χ2n) is 6.01. The average Bonchev–Trinajstić information content (AvgIpc) is 3.22. The standard InChI is InChI=1S/C18H19F2N3O2S/c1-10-7-13(17-22-18(16(19)20)25-23-17)8-11(2)15(10)24-6-4-5-14-9-26-12(3)21-14/h7-9,16H,4-6H2,1-3H3. The Morgan fingerprint density at radius 2 is 1.88 bits per heavy atom. The minimum atomic E-state index is -2.78. The number of nitrogens with zero attached hydrogens (tertiary/aromatic N) is 3. The molecule has 0 bridgehead atoms. The van der Waals surface area contributed by atoms with Crippen LogP contribution in [0.2, 0.25) is 0 Å². The summed E-state index contributed by atoms with van der Waals surface area (Å²) in [6.07, 6.45) is -1.03. The Labute approximate surface area is 154 Å². The van der Waals surface area contributed by atoms with Gasteiger partial charge in [-0.25, -0.2) is 4.98 Å². The molecule has 0 saturated carbocycles. The highest BCUT2D eigenvalue weighted by molar-refractivity contribution is 7.09. The van der Waals surface area contributed by atoms with E-state index in [0.717, 1.165) is 40.4 Å². The summed E-state index contributed by atoms with van der Waals surface area (Å²) in [6, 6.07) is 3.62. The normalized spacial score (nSPS) is 11.3. The van der Waals surface area contributed by atoms with Gasteiger partial charge in [0, 0.05) is 10.9 Å². The summed E-state index contributed by atoms with van der Waals surface area (Å²) < 4.78 is 35.7. The summed E-state index contributed by atoms with van der Waals surface area (Å²) in [6.45, 7) is 6.38. The van der Waals surface area contributed by atoms with Crippen LogP contribution in [0.4, 0.5) is 8.78 Å². The van der Waals surface area contributed by atoms with Crippen LogP contribution in [-0.4, -0.2) is 21.7 Å². The van der Waals surface area contributed by atoms with Gasteiger partial charge in [0.1, 0.15) is 5.75 Å². The fraction of sp³-hybridized carbons (Fsp3) is 0.389. The van der Waals surface area contributed by atoms with Crippen molar-refractivity contribution in [3.63, 3.8) is 0 Å². The van der Waals surface area contributed by atoms with Gasteiger partial charge < -0.3 is 9.26 Å². The summed E-state index contributed by atoms with van der Waals surface area (Å²) in [4.78, 5) is 8.16. The molecule has 138 valence electrons. The van der Waals surface area contributed by atoms with Crippen LogP contribution >= 0.6 is 11.3 Å². The van der Waals surface area contributed by atoms with Crippen molar-refractivity contribution >= 4 is 11.3 Å². The smallest absolute Gasteiger partial charge is 0.315 e. The van der Waals surface area contributed by atoms with Gasteiger partial charge in [0.15, 0.2) is 0 Å². The zero-order valence-electron chi connectivity index (χ0n) is 14.8. The van der Waals surface area contributed by atoms with E-state index >= 15 is 0 Å². The number of alkyl halides is 2. The van der Waals surface area contributed by atoms with E-state index in [9.17, 15) is 8.78 Å². The Kier molecular flexibility index (Phi) is 5.61. The molecule has 3 rings (SSSR count). The highest BCUT2D eigenvalue weighted by atomic mass is 32.1. The van der Waals surface area contributed by atoms with E-state index in [-0.39, 0.29) is 5.82 Å². The van der Waals surface area contributed by atoms with Gasteiger partial charge in [-0.05, 0) is 56.9 Å². The quantitative estimate of drug-likeness (QED) is 0.537. The largest absolute Gasteiger partial charge is 0.493 e. The fourth-order valence-corrected chi connectivity index (χ4v) is 3.35. The number of aryl methyl sites for hydroxylation is 4. The maximum Gasteiger partial charge on any atom is 0.315 e. The van der Waals surface area contributed by atoms with Crippen molar-refractivity contribution in [3.8, 4) is 17.1 Å². The SMILES string of the molecule is Cc1nc(CCCOc2c(C)cc(-c3noc(C(F)F)n3)cc2C)cs1. The summed E-state index contributed by atoms with van der Waals surface area (Å²) >= 11 is 1.65. The van der Waals surface area contributed by atoms with Gasteiger partial charge >= 0.3 is 6.43 Å². The Morgan fingerprint density at radius 1 is 1.15 bits per heavy atom. The highest BCUT2D eigenvalue weighted by Gasteiger charge is 2.18. The molecule has 1 aromatic carbocycles. The first-order chi connectivity index (χ1) is 12.4. The average molecular weight is 379 g/mol. The van der Waals surface area contributed by atoms with Crippen LogP contribution in [0.15, 0.2) is 22.0 Å². The predicted octanol–water partition coefficient (Wildman–Crippen LogP) is 5.07. The fourth-order valence-electron chi connectivity index (χ4n) is 2.70. The molecule has 0 fully saturated rings. The van der Waals surface area contributed by atoms with Crippen molar-refractivity contribution in [1.82, 2.24) is 15.1 Å². The first-order valence-corrected chi connectivity index (χ1v) is 9.09. The number of aromatic nitrogens is 3. The predicted molar refractivity (Wildman–Crippen MR) is 94.8 cm³/mol. The number of hydrogen-bond acceptors (Lipinski definition) is 6. The molecule has 2 aromatic heterocycles. The number of halogens is 2. The Balaban J connectivity index is 1.65. The molecule has 3 aromatic rings. The van der Waals surface area contributed by atoms with Crippen LogP contribution in [0.5, 0.6) is 5.75 Å². The third-order valence-electron chi connectivity index (χ3n) is 3.84. The van der Waals surface area contributed by atoms with E-state index in [0.29, 0.717) is 12.2 Å². The molecule has 26 heavy (non-hydrogen) atoms. The third kappa shape index (κ3) is 4.24. The van der Waals surface area contributed by atoms with Crippen LogP contribution < -0.4 is 4.74 Å². The van der Waals surface area contributed by atoms with Crippen LogP contribution in [0, 0.1) is 20.8 Å². The molecule has 0 aliphatic carbocycles. The van der Waals surface area contributed by atoms with E-state index in [1.165, 1.54) is 0 Å². The lowest BCUT2D eigenvalue weighted by Gasteiger charge is -2.13. The molecule has 0 aliphatic heterocycles. The van der Waals surface area contributed by atoms with Crippen molar-refractivity contribution in [2.75, 3.05) is 6.61 Å². The number of rotatable bonds is 7. The van der Waals surface area contributed by atoms with Crippen LogP contribution in [-0.2, 0) is 6.42 Å². The first kappa shape index (κ1) is 18.4. The molecule has 0 atom stereocenters. The second kappa shape index (κ2) is 7.90. The molecule has 0 aliphatic rings. The van der Waals surface area contributed by atoms with Gasteiger partial charge in [-0.1, -0.05) is 5.16 Å². The zero-order valence-corrected chi connectivity index (χ0v) is 15.6. The van der Waals surface area contributed by atoms with E-state index in [2.05, 4.69) is 25.0 Å². The molecule has 0 radical (unpaired) electrons. The minimum Gasteiger partial charge on any atom is -0.493 e. The monoisotopic (exact) mass is 379 g/mol. The Bertz CT molecular complexity index is 869. The van der Waals surface area contributed by atoms with Gasteiger partial charge in [-0.3, -0.25) is 0 Å². The van der Waals surface area contributed by atoms with Crippen molar-refractivity contribution < 1.29 is 18.0 Å². The molecule has 0 spiro atoms. The highest BCUT2D eigenvalue weighted by Crippen LogP contribution is 2.30. The topological polar surface area (TPSA) is 61.0 Å². The van der Waals surface area contributed by atoms with Crippen molar-refractivity contribution in [2.24, 2.45) is 0 Å². The summed E-state index contributed by atoms with van der Waals surface area (Å²) in [5.74, 6) is 0.269. The number of thiazole rings is 1. The van der Waals surface area contributed by atoms with Gasteiger partial charge in [-0.2, -0.15) is 13.8 Å². The maximum atomic E-state index is 12.6. The van der Waals surface area contributed by atoms with E-state index < -0.39 is 12.3 Å². The molecule has 0 saturated heterocycles. The lowest BCUT2D eigenvalue weighted by molar-refractivity contribution is 0.106. The summed E-state index contributed by atoms with van der Waals surface area (Å²) in [7, 11) is 0. The Hall–Kier alpha value is -2.35. The maximum absolute atomic E-state index is 12.6. The molecule has 5 nitrogen and oxygen atoms in total. The van der Waals surface area contributed by atoms with Gasteiger partial charge in [-0.15, -0.1) is 11.3 Å². The minimum absolute atomic E-state index is 0.150. The van der Waals surface area contributed by atoms with Crippen molar-refractivity contribution in [2.45, 2.75) is 40.0 Å². The molecule has 2 heterocycles. The molecule has 8 heteroatoms. The molecule has 0 N–H and O–H groups in total. The Morgan fingerprint density at radius 3 is 2.46 bits per heavy atom. The molecular formula is C18H19F2N3O2S. The van der Waals surface area contributed by atoms with Crippen LogP contribution in [0.1, 0.15) is 40.6 Å². The number of hydrogen-bond donors (Lipinski definition) is 0. The molecule has 0 unspecified atom stereocenters. The van der Waals surface area contributed by atoms with Gasteiger partial charge in [0.05, 0.1) is 17.3 Å². The number of ether oxygens (including phenoxy) is 1. The first-order valence-electron chi connectivity index (χ1n) is 8.21. The van der Waals surface area contributed by atoms with E-state index in [4.69, 9.17) is 4.74 Å². The third-order valence-corrected chi connectivity index (χ3v) is 4.66. The van der Waals surface area contributed by atoms with Crippen LogP contribution in [0.3, 0.4) is 0 Å². The van der Waals surface area contributed by atoms with Crippen LogP contribution in [0.25, 0.3) is 11.4 Å². The summed E-state index contributed by atoms with van der Waals surface area (Å²) in [5.41, 5.74) is 3.51. The van der Waals surface area contributed by atoms with Crippen molar-refractivity contribution in [3.05, 3.63) is 45.2 Å². The lowest BCUT2D eigenvalue weighted by Crippen LogP contribution is -2.03. The summed E-state index contributed by atoms with van der Waals surface area (Å²) in [5, 5.41) is 6.76. The lowest BCUT2D eigenvalue weighted by atomic mass is 10.1. The number of benzene rings is 1. The van der Waals surface area contributed by atoms with Crippen molar-refractivity contribution in [1.29, 1.82) is 0 Å².